The van der Waals surface area contributed by atoms with Gasteiger partial charge in [0, 0.05) is 57.5 Å². The van der Waals surface area contributed by atoms with Crippen molar-refractivity contribution in [1.29, 1.82) is 0 Å². The minimum Gasteiger partial charge on any atom is -0.389 e. The molecule has 4 N–H and O–H groups in total. The fraction of sp³-hybridized carbons (Fsp3) is 0.464. The Labute approximate surface area is 434 Å². The maximum Gasteiger partial charge on any atom is 0.416 e. The first-order valence-electron chi connectivity index (χ1n) is 25.3. The maximum absolute atomic E-state index is 13.3. The fourth-order valence-electron chi connectivity index (χ4n) is 10.3. The van der Waals surface area contributed by atoms with E-state index in [2.05, 4.69) is 0 Å². The van der Waals surface area contributed by atoms with Gasteiger partial charge in [-0.05, 0) is 172 Å². The number of aliphatic hydroxyl groups excluding tert-OH is 2. The summed E-state index contributed by atoms with van der Waals surface area (Å²) in [6.45, 7) is 4.05. The molecule has 2 amide bonds. The molecule has 0 spiro atoms. The number of halogens is 10. The lowest BCUT2D eigenvalue weighted by molar-refractivity contribution is -0.140. The quantitative estimate of drug-likeness (QED) is 0.0818. The number of nitrogens with zero attached hydrogens (tertiary/aromatic N) is 4. The summed E-state index contributed by atoms with van der Waals surface area (Å²) in [5.41, 5.74) is -1.72. The Kier molecular flexibility index (Phi) is 18.9. The van der Waals surface area contributed by atoms with Gasteiger partial charge in [0.05, 0.1) is 34.5 Å². The number of amides is 2. The molecule has 0 aromatic heterocycles. The van der Waals surface area contributed by atoms with Crippen molar-refractivity contribution in [2.75, 3.05) is 65.4 Å². The molecular formula is C56H62F10N4O6. The van der Waals surface area contributed by atoms with Gasteiger partial charge in [0.2, 0.25) is 11.8 Å². The Morgan fingerprint density at radius 1 is 0.513 bits per heavy atom. The molecule has 20 heteroatoms. The Balaban J connectivity index is 0.000000221. The van der Waals surface area contributed by atoms with Crippen LogP contribution in [0.2, 0.25) is 0 Å². The third-order valence-electron chi connectivity index (χ3n) is 15.2. The van der Waals surface area contributed by atoms with Gasteiger partial charge >= 0.3 is 12.4 Å². The molecule has 2 atom stereocenters. The van der Waals surface area contributed by atoms with E-state index in [0.29, 0.717) is 31.7 Å². The normalized spacial score (nSPS) is 20.1. The van der Waals surface area contributed by atoms with Gasteiger partial charge in [0.25, 0.3) is 0 Å². The van der Waals surface area contributed by atoms with Crippen molar-refractivity contribution in [2.24, 2.45) is 0 Å². The monoisotopic (exact) mass is 1080 g/mol. The van der Waals surface area contributed by atoms with E-state index in [-0.39, 0.29) is 94.2 Å². The highest BCUT2D eigenvalue weighted by molar-refractivity contribution is 5.92. The van der Waals surface area contributed by atoms with Gasteiger partial charge in [-0.1, -0.05) is 30.3 Å². The molecule has 76 heavy (non-hydrogen) atoms. The van der Waals surface area contributed by atoms with Gasteiger partial charge in [-0.2, -0.15) is 26.3 Å². The van der Waals surface area contributed by atoms with Gasteiger partial charge in [-0.3, -0.25) is 9.59 Å². The smallest absolute Gasteiger partial charge is 0.389 e. The number of likely N-dealkylation sites (tertiary alicyclic amines) is 4. The Morgan fingerprint density at radius 3 is 1.24 bits per heavy atom. The lowest BCUT2D eigenvalue weighted by Gasteiger charge is -2.43. The number of hydrogen-bond donors (Lipinski definition) is 4. The summed E-state index contributed by atoms with van der Waals surface area (Å²) in [7, 11) is 0. The van der Waals surface area contributed by atoms with Crippen molar-refractivity contribution in [2.45, 2.75) is 99.0 Å². The molecule has 4 fully saturated rings. The minimum absolute atomic E-state index is 0.139. The van der Waals surface area contributed by atoms with Crippen LogP contribution in [0.15, 0.2) is 97.1 Å². The van der Waals surface area contributed by atoms with Gasteiger partial charge in [0.1, 0.15) is 11.6 Å². The first kappa shape index (κ1) is 58.1. The summed E-state index contributed by atoms with van der Waals surface area (Å²) in [6.07, 6.45) is -1.81. The first-order chi connectivity index (χ1) is 35.9. The Morgan fingerprint density at radius 2 is 0.882 bits per heavy atom. The minimum atomic E-state index is -4.36. The zero-order chi connectivity index (χ0) is 55.0. The van der Waals surface area contributed by atoms with Crippen LogP contribution in [0.4, 0.5) is 43.9 Å². The van der Waals surface area contributed by atoms with Crippen LogP contribution in [0.25, 0.3) is 12.2 Å². The van der Waals surface area contributed by atoms with Gasteiger partial charge < -0.3 is 40.0 Å². The summed E-state index contributed by atoms with van der Waals surface area (Å²) in [6, 6.07) is 16.9. The summed E-state index contributed by atoms with van der Waals surface area (Å²) in [4.78, 5) is 32.1. The topological polar surface area (TPSA) is 128 Å². The molecule has 0 radical (unpaired) electrons. The van der Waals surface area contributed by atoms with E-state index in [0.717, 1.165) is 91.4 Å². The zero-order valence-corrected chi connectivity index (χ0v) is 41.6. The maximum atomic E-state index is 13.3. The van der Waals surface area contributed by atoms with Gasteiger partial charge in [-0.25, -0.2) is 17.6 Å². The van der Waals surface area contributed by atoms with Crippen LogP contribution in [-0.4, -0.2) is 141 Å². The second-order valence-electron chi connectivity index (χ2n) is 20.3. The molecule has 0 saturated carbocycles. The van der Waals surface area contributed by atoms with Gasteiger partial charge in [0.15, 0.2) is 11.6 Å². The molecule has 4 aromatic carbocycles. The highest BCUT2D eigenvalue weighted by Gasteiger charge is 2.42. The fourth-order valence-corrected chi connectivity index (χ4v) is 10.3. The molecule has 4 aromatic rings. The Hall–Kier alpha value is -5.64. The molecule has 4 saturated heterocycles. The van der Waals surface area contributed by atoms with E-state index < -0.39 is 70.2 Å². The van der Waals surface area contributed by atoms with Crippen molar-refractivity contribution in [3.8, 4) is 0 Å². The van der Waals surface area contributed by atoms with Crippen LogP contribution >= 0.6 is 0 Å². The summed E-state index contributed by atoms with van der Waals surface area (Å²) < 4.78 is 130. The molecule has 2 unspecified atom stereocenters. The van der Waals surface area contributed by atoms with Crippen LogP contribution in [-0.2, 0) is 21.9 Å². The lowest BCUT2D eigenvalue weighted by atomic mass is 9.84. The average molecular weight is 1080 g/mol. The zero-order valence-electron chi connectivity index (χ0n) is 41.6. The van der Waals surface area contributed by atoms with Crippen molar-refractivity contribution < 1.29 is 73.9 Å². The van der Waals surface area contributed by atoms with Crippen molar-refractivity contribution in [1.82, 2.24) is 19.6 Å². The molecule has 4 aliphatic rings. The van der Waals surface area contributed by atoms with Crippen LogP contribution in [0.3, 0.4) is 0 Å². The van der Waals surface area contributed by atoms with Crippen molar-refractivity contribution in [3.05, 3.63) is 154 Å². The summed E-state index contributed by atoms with van der Waals surface area (Å²) >= 11 is 0. The molecule has 10 nitrogen and oxygen atoms in total. The van der Waals surface area contributed by atoms with E-state index in [1.165, 1.54) is 64.4 Å². The predicted octanol–water partition coefficient (Wildman–Crippen LogP) is 9.18. The van der Waals surface area contributed by atoms with Crippen LogP contribution in [0.1, 0.15) is 96.6 Å². The largest absolute Gasteiger partial charge is 0.416 e. The van der Waals surface area contributed by atoms with E-state index in [1.54, 1.807) is 0 Å². The number of aliphatic hydroxyl groups is 4. The van der Waals surface area contributed by atoms with E-state index in [9.17, 15) is 73.9 Å². The summed E-state index contributed by atoms with van der Waals surface area (Å²) in [5.74, 6) is -3.84. The molecule has 0 bridgehead atoms. The highest BCUT2D eigenvalue weighted by atomic mass is 19.4. The molecular weight excluding hydrogens is 1010 g/mol. The average Bonchev–Trinajstić information content (AvgIpc) is 3.39. The standard InChI is InChI=1S/2C28H31F5N2O3/c29-23-7-1-19(17-24(23)30)2-8-26(37)35-15-11-27(38,12-16-35)25(36)18-34-13-9-21(10-14-34)20-3-5-22(6-4-20)28(31,32)33;29-23-15-19(16-24(30)17-23)1-6-26(37)35-13-9-27(38,10-14-35)25(36)18-34-11-7-21(8-12-34)20-2-4-22(5-3-20)28(31,32)33/h1-8,17,21,25,36,38H,9-16,18H2;1-6,15-17,21,25,36,38H,7-14,18H2/b8-2+;6-1+. The number of β-amino-alcohol motifs (C(OH)–C–C–N with tert-alkyl or cyclic N) is 2. The third-order valence-corrected chi connectivity index (χ3v) is 15.2. The second kappa shape index (κ2) is 24.8. The number of piperidine rings is 4. The highest BCUT2D eigenvalue weighted by Crippen LogP contribution is 2.36. The number of rotatable bonds is 12. The van der Waals surface area contributed by atoms with Crippen molar-refractivity contribution in [3.63, 3.8) is 0 Å². The molecule has 8 rings (SSSR count). The van der Waals surface area contributed by atoms with Crippen LogP contribution < -0.4 is 0 Å². The second-order valence-corrected chi connectivity index (χ2v) is 20.3. The Bertz CT molecular complexity index is 2610. The number of carbonyl (C=O) groups excluding carboxylic acids is 2. The van der Waals surface area contributed by atoms with Crippen LogP contribution in [0, 0.1) is 23.3 Å². The van der Waals surface area contributed by atoms with Crippen LogP contribution in [0.5, 0.6) is 0 Å². The third kappa shape index (κ3) is 15.5. The first-order valence-corrected chi connectivity index (χ1v) is 25.3. The number of benzene rings is 4. The van der Waals surface area contributed by atoms with E-state index >= 15 is 0 Å². The predicted molar refractivity (Wildman–Crippen MR) is 264 cm³/mol. The molecule has 412 valence electrons. The summed E-state index contributed by atoms with van der Waals surface area (Å²) in [5, 5.41) is 43.7. The number of alkyl halides is 6. The number of carbonyl (C=O) groups is 2. The number of hydrogen-bond acceptors (Lipinski definition) is 8. The van der Waals surface area contributed by atoms with E-state index in [1.807, 2.05) is 9.80 Å². The van der Waals surface area contributed by atoms with Gasteiger partial charge in [-0.15, -0.1) is 0 Å². The SMILES string of the molecule is O=C(/C=C/c1cc(F)cc(F)c1)N1CCC(O)(C(O)CN2CCC(c3ccc(C(F)(F)F)cc3)CC2)CC1.O=C(/C=C/c1ccc(F)c(F)c1)N1CCC(O)(C(O)CN2CCC(c3ccc(C(F)(F)F)cc3)CC2)CC1. The molecule has 4 aliphatic heterocycles. The lowest BCUT2D eigenvalue weighted by Crippen LogP contribution is -2.56. The van der Waals surface area contributed by atoms with Crippen molar-refractivity contribution >= 4 is 24.0 Å². The molecule has 0 aliphatic carbocycles. The molecule has 4 heterocycles. The van der Waals surface area contributed by atoms with E-state index in [4.69, 9.17) is 0 Å².